The lowest BCUT2D eigenvalue weighted by molar-refractivity contribution is 0.208. The summed E-state index contributed by atoms with van der Waals surface area (Å²) in [6.45, 7) is 2.95. The Morgan fingerprint density at radius 2 is 2.06 bits per heavy atom. The molecule has 92 valence electrons. The van der Waals surface area contributed by atoms with E-state index >= 15 is 0 Å². The molecular formula is C8H11Br2NO3S2. The van der Waals surface area contributed by atoms with Crippen molar-refractivity contribution in [2.45, 2.75) is 24.3 Å². The largest absolute Gasteiger partial charge is 0.394 e. The summed E-state index contributed by atoms with van der Waals surface area (Å²) < 4.78 is 27.6. The molecule has 0 aromatic carbocycles. The molecule has 0 saturated heterocycles. The molecule has 8 heteroatoms. The van der Waals surface area contributed by atoms with Gasteiger partial charge in [0.25, 0.3) is 0 Å². The molecule has 0 atom stereocenters. The topological polar surface area (TPSA) is 66.4 Å². The zero-order valence-corrected chi connectivity index (χ0v) is 13.4. The molecular weight excluding hydrogens is 382 g/mol. The van der Waals surface area contributed by atoms with Gasteiger partial charge in [-0.2, -0.15) is 0 Å². The standard InChI is InChI=1S/C8H11Br2NO3S2/c1-8(2,4-12)11-16(13,14)5-3-6(9)15-7(5)10/h3,11-12H,4H2,1-2H3. The average molecular weight is 393 g/mol. The van der Waals surface area contributed by atoms with Crippen LogP contribution in [0.25, 0.3) is 0 Å². The van der Waals surface area contributed by atoms with Crippen LogP contribution in [0.2, 0.25) is 0 Å². The van der Waals surface area contributed by atoms with Crippen LogP contribution in [0.15, 0.2) is 18.5 Å². The van der Waals surface area contributed by atoms with Crippen LogP contribution in [0.3, 0.4) is 0 Å². The number of rotatable bonds is 4. The predicted octanol–water partition coefficient (Wildman–Crippen LogP) is 2.32. The molecule has 0 aliphatic rings. The summed E-state index contributed by atoms with van der Waals surface area (Å²) in [7, 11) is -3.62. The van der Waals surface area contributed by atoms with Crippen molar-refractivity contribution >= 4 is 53.2 Å². The Hall–Kier alpha value is 0.530. The molecule has 0 radical (unpaired) electrons. The average Bonchev–Trinajstić information content (AvgIpc) is 2.44. The lowest BCUT2D eigenvalue weighted by Gasteiger charge is -2.22. The van der Waals surface area contributed by atoms with Gasteiger partial charge >= 0.3 is 0 Å². The first-order chi connectivity index (χ1) is 7.18. The number of hydrogen-bond acceptors (Lipinski definition) is 4. The first kappa shape index (κ1) is 14.6. The number of sulfonamides is 1. The Bertz CT molecular complexity index is 481. The maximum Gasteiger partial charge on any atom is 0.243 e. The first-order valence-electron chi connectivity index (χ1n) is 4.27. The number of aliphatic hydroxyl groups excluding tert-OH is 1. The van der Waals surface area contributed by atoms with Crippen LogP contribution in [0, 0.1) is 0 Å². The van der Waals surface area contributed by atoms with E-state index in [0.29, 0.717) is 3.79 Å². The smallest absolute Gasteiger partial charge is 0.243 e. The molecule has 1 aromatic rings. The normalized spacial score (nSPS) is 13.1. The minimum absolute atomic E-state index is 0.172. The highest BCUT2D eigenvalue weighted by molar-refractivity contribution is 9.12. The number of nitrogens with one attached hydrogen (secondary N) is 1. The third-order valence-corrected chi connectivity index (χ3v) is 6.17. The molecule has 0 aliphatic heterocycles. The van der Waals surface area contributed by atoms with E-state index in [1.54, 1.807) is 13.8 Å². The summed E-state index contributed by atoms with van der Waals surface area (Å²) >= 11 is 7.69. The van der Waals surface area contributed by atoms with Gasteiger partial charge in [0.05, 0.1) is 19.7 Å². The lowest BCUT2D eigenvalue weighted by Crippen LogP contribution is -2.46. The van der Waals surface area contributed by atoms with E-state index in [1.807, 2.05) is 0 Å². The number of thiophene rings is 1. The van der Waals surface area contributed by atoms with Crippen molar-refractivity contribution in [3.05, 3.63) is 13.6 Å². The summed E-state index contributed by atoms with van der Waals surface area (Å²) in [5.41, 5.74) is -0.882. The Balaban J connectivity index is 3.09. The molecule has 0 saturated carbocycles. The van der Waals surface area contributed by atoms with E-state index in [1.165, 1.54) is 17.4 Å². The highest BCUT2D eigenvalue weighted by Gasteiger charge is 2.28. The maximum atomic E-state index is 12.0. The van der Waals surface area contributed by atoms with Gasteiger partial charge in [-0.05, 0) is 51.8 Å². The third kappa shape index (κ3) is 3.51. The summed E-state index contributed by atoms with van der Waals surface area (Å²) in [5.74, 6) is 0. The molecule has 4 nitrogen and oxygen atoms in total. The van der Waals surface area contributed by atoms with Crippen molar-refractivity contribution in [2.24, 2.45) is 0 Å². The Kier molecular flexibility index (Phi) is 4.59. The quantitative estimate of drug-likeness (QED) is 0.826. The summed E-state index contributed by atoms with van der Waals surface area (Å²) in [6.07, 6.45) is 0. The Morgan fingerprint density at radius 1 is 1.50 bits per heavy atom. The fraction of sp³-hybridized carbons (Fsp3) is 0.500. The van der Waals surface area contributed by atoms with Crippen LogP contribution in [0.4, 0.5) is 0 Å². The highest BCUT2D eigenvalue weighted by atomic mass is 79.9. The molecule has 0 aliphatic carbocycles. The molecule has 1 heterocycles. The van der Waals surface area contributed by atoms with Crippen molar-refractivity contribution in [2.75, 3.05) is 6.61 Å². The monoisotopic (exact) mass is 391 g/mol. The second kappa shape index (κ2) is 5.03. The van der Waals surface area contributed by atoms with Crippen LogP contribution in [-0.2, 0) is 10.0 Å². The molecule has 0 amide bonds. The van der Waals surface area contributed by atoms with Crippen LogP contribution < -0.4 is 4.72 Å². The summed E-state index contributed by atoms with van der Waals surface area (Å²) in [4.78, 5) is 0.172. The van der Waals surface area contributed by atoms with Gasteiger partial charge in [-0.25, -0.2) is 13.1 Å². The van der Waals surface area contributed by atoms with Crippen molar-refractivity contribution in [3.8, 4) is 0 Å². The molecule has 2 N–H and O–H groups in total. The van der Waals surface area contributed by atoms with Crippen molar-refractivity contribution in [3.63, 3.8) is 0 Å². The minimum Gasteiger partial charge on any atom is -0.394 e. The van der Waals surface area contributed by atoms with Gasteiger partial charge in [0, 0.05) is 0 Å². The third-order valence-electron chi connectivity index (χ3n) is 1.72. The Morgan fingerprint density at radius 3 is 2.44 bits per heavy atom. The molecule has 0 bridgehead atoms. The second-order valence-corrected chi connectivity index (χ2v) is 9.24. The SMILES string of the molecule is CC(C)(CO)NS(=O)(=O)c1cc(Br)sc1Br. The van der Waals surface area contributed by atoms with Crippen molar-refractivity contribution in [1.29, 1.82) is 0 Å². The summed E-state index contributed by atoms with van der Waals surface area (Å²) in [5, 5.41) is 9.03. The molecule has 16 heavy (non-hydrogen) atoms. The van der Waals surface area contributed by atoms with Gasteiger partial charge in [0.1, 0.15) is 4.90 Å². The predicted molar refractivity (Wildman–Crippen MR) is 71.2 cm³/mol. The second-order valence-electron chi connectivity index (χ2n) is 3.84. The van der Waals surface area contributed by atoms with Gasteiger partial charge in [-0.3, -0.25) is 0 Å². The molecule has 0 fully saturated rings. The van der Waals surface area contributed by atoms with Gasteiger partial charge in [0.2, 0.25) is 10.0 Å². The molecule has 0 spiro atoms. The summed E-state index contributed by atoms with van der Waals surface area (Å²) in [6, 6.07) is 1.52. The van der Waals surface area contributed by atoms with E-state index in [0.717, 1.165) is 3.79 Å². The van der Waals surface area contributed by atoms with Gasteiger partial charge < -0.3 is 5.11 Å². The van der Waals surface area contributed by atoms with Gasteiger partial charge in [-0.1, -0.05) is 0 Å². The van der Waals surface area contributed by atoms with E-state index in [4.69, 9.17) is 5.11 Å². The lowest BCUT2D eigenvalue weighted by atomic mass is 10.1. The minimum atomic E-state index is -3.62. The maximum absolute atomic E-state index is 12.0. The van der Waals surface area contributed by atoms with E-state index in [-0.39, 0.29) is 11.5 Å². The van der Waals surface area contributed by atoms with Crippen LogP contribution >= 0.6 is 43.2 Å². The van der Waals surface area contributed by atoms with Crippen molar-refractivity contribution in [1.82, 2.24) is 4.72 Å². The Labute approximate surface area is 115 Å². The van der Waals surface area contributed by atoms with Crippen molar-refractivity contribution < 1.29 is 13.5 Å². The molecule has 1 rings (SSSR count). The van der Waals surface area contributed by atoms with Crippen LogP contribution in [0.5, 0.6) is 0 Å². The zero-order chi connectivity index (χ0) is 12.6. The fourth-order valence-corrected chi connectivity index (χ4v) is 6.18. The highest BCUT2D eigenvalue weighted by Crippen LogP contribution is 2.35. The van der Waals surface area contributed by atoms with E-state index in [2.05, 4.69) is 36.6 Å². The fourth-order valence-electron chi connectivity index (χ4n) is 0.959. The van der Waals surface area contributed by atoms with E-state index < -0.39 is 15.6 Å². The van der Waals surface area contributed by atoms with Gasteiger partial charge in [-0.15, -0.1) is 11.3 Å². The van der Waals surface area contributed by atoms with Gasteiger partial charge in [0.15, 0.2) is 0 Å². The van der Waals surface area contributed by atoms with E-state index in [9.17, 15) is 8.42 Å². The number of hydrogen-bond donors (Lipinski definition) is 2. The zero-order valence-electron chi connectivity index (χ0n) is 8.62. The van der Waals surface area contributed by atoms with Crippen LogP contribution in [-0.4, -0.2) is 25.7 Å². The number of halogens is 2. The molecule has 0 unspecified atom stereocenters. The number of aliphatic hydroxyl groups is 1. The first-order valence-corrected chi connectivity index (χ1v) is 8.16. The van der Waals surface area contributed by atoms with Crippen LogP contribution in [0.1, 0.15) is 13.8 Å². The molecule has 1 aromatic heterocycles.